The minimum Gasteiger partial charge on any atom is -0.376 e. The van der Waals surface area contributed by atoms with Gasteiger partial charge in [-0.15, -0.1) is 0 Å². The van der Waals surface area contributed by atoms with Crippen molar-refractivity contribution >= 4 is 5.91 Å². The van der Waals surface area contributed by atoms with E-state index in [9.17, 15) is 4.79 Å². The van der Waals surface area contributed by atoms with E-state index in [0.717, 1.165) is 19.4 Å². The molecule has 84 valence electrons. The van der Waals surface area contributed by atoms with Crippen LogP contribution in [0.4, 0.5) is 0 Å². The number of hydrogen-bond donors (Lipinski definition) is 0. The summed E-state index contributed by atoms with van der Waals surface area (Å²) in [7, 11) is 1.74. The lowest BCUT2D eigenvalue weighted by atomic mass is 10.1. The van der Waals surface area contributed by atoms with Crippen molar-refractivity contribution in [1.82, 2.24) is 4.90 Å². The first-order valence-electron chi connectivity index (χ1n) is 5.45. The van der Waals surface area contributed by atoms with Crippen LogP contribution in [0.15, 0.2) is 0 Å². The van der Waals surface area contributed by atoms with Gasteiger partial charge in [-0.05, 0) is 19.3 Å². The van der Waals surface area contributed by atoms with Crippen LogP contribution in [0, 0.1) is 17.2 Å². The van der Waals surface area contributed by atoms with Gasteiger partial charge in [0.2, 0.25) is 5.91 Å². The normalized spacial score (nSPS) is 22.1. The Labute approximate surface area is 90.8 Å². The number of ether oxygens (including phenoxy) is 1. The number of carbonyl (C=O) groups is 1. The van der Waals surface area contributed by atoms with Gasteiger partial charge in [0.25, 0.3) is 0 Å². The van der Waals surface area contributed by atoms with E-state index < -0.39 is 5.92 Å². The SMILES string of the molecule is CCC(C#N)C(=O)N(C)CC1CCCO1. The summed E-state index contributed by atoms with van der Waals surface area (Å²) in [6.07, 6.45) is 2.82. The molecule has 1 aliphatic rings. The predicted molar refractivity (Wildman–Crippen MR) is 56.0 cm³/mol. The maximum atomic E-state index is 11.7. The summed E-state index contributed by atoms with van der Waals surface area (Å²) in [6.45, 7) is 3.25. The molecule has 1 amide bonds. The molecule has 1 rings (SSSR count). The van der Waals surface area contributed by atoms with Crippen molar-refractivity contribution in [3.63, 3.8) is 0 Å². The van der Waals surface area contributed by atoms with Crippen LogP contribution in [0.2, 0.25) is 0 Å². The zero-order valence-corrected chi connectivity index (χ0v) is 9.40. The zero-order valence-electron chi connectivity index (χ0n) is 9.40. The molecule has 0 bridgehead atoms. The highest BCUT2D eigenvalue weighted by molar-refractivity contribution is 5.80. The summed E-state index contributed by atoms with van der Waals surface area (Å²) in [5.74, 6) is -0.591. The van der Waals surface area contributed by atoms with Gasteiger partial charge in [-0.2, -0.15) is 5.26 Å². The molecular formula is C11H18N2O2. The second-order valence-electron chi connectivity index (χ2n) is 3.94. The van der Waals surface area contributed by atoms with Crippen LogP contribution < -0.4 is 0 Å². The molecule has 0 aromatic heterocycles. The van der Waals surface area contributed by atoms with Crippen molar-refractivity contribution in [3.05, 3.63) is 0 Å². The molecule has 0 aromatic carbocycles. The first-order valence-corrected chi connectivity index (χ1v) is 5.45. The summed E-state index contributed by atoms with van der Waals surface area (Å²) in [6, 6.07) is 2.03. The number of nitriles is 1. The van der Waals surface area contributed by atoms with E-state index in [4.69, 9.17) is 10.00 Å². The van der Waals surface area contributed by atoms with Gasteiger partial charge in [-0.1, -0.05) is 6.92 Å². The van der Waals surface area contributed by atoms with E-state index in [2.05, 4.69) is 0 Å². The highest BCUT2D eigenvalue weighted by Gasteiger charge is 2.24. The van der Waals surface area contributed by atoms with E-state index in [1.165, 1.54) is 0 Å². The number of rotatable bonds is 4. The summed E-state index contributed by atoms with van der Waals surface area (Å²) in [4.78, 5) is 13.4. The number of carbonyl (C=O) groups excluding carboxylic acids is 1. The van der Waals surface area contributed by atoms with Crippen LogP contribution in [0.1, 0.15) is 26.2 Å². The molecule has 4 heteroatoms. The molecule has 1 aliphatic heterocycles. The Hall–Kier alpha value is -1.08. The first-order chi connectivity index (χ1) is 7.19. The third kappa shape index (κ3) is 3.21. The summed E-state index contributed by atoms with van der Waals surface area (Å²) in [5.41, 5.74) is 0. The van der Waals surface area contributed by atoms with Gasteiger partial charge in [0, 0.05) is 20.2 Å². The molecule has 2 atom stereocenters. The Bertz CT molecular complexity index is 254. The first kappa shape index (κ1) is 12.0. The highest BCUT2D eigenvalue weighted by atomic mass is 16.5. The fourth-order valence-corrected chi connectivity index (χ4v) is 1.77. The molecule has 0 aliphatic carbocycles. The Balaban J connectivity index is 2.41. The zero-order chi connectivity index (χ0) is 11.3. The topological polar surface area (TPSA) is 53.3 Å². The third-order valence-electron chi connectivity index (χ3n) is 2.74. The molecule has 0 aromatic rings. The molecule has 0 radical (unpaired) electrons. The molecule has 0 spiro atoms. The minimum absolute atomic E-state index is 0.0875. The van der Waals surface area contributed by atoms with Gasteiger partial charge >= 0.3 is 0 Å². The fraction of sp³-hybridized carbons (Fsp3) is 0.818. The van der Waals surface area contributed by atoms with E-state index in [1.54, 1.807) is 11.9 Å². The molecule has 1 saturated heterocycles. The fourth-order valence-electron chi connectivity index (χ4n) is 1.77. The van der Waals surface area contributed by atoms with Gasteiger partial charge < -0.3 is 9.64 Å². The molecule has 1 fully saturated rings. The van der Waals surface area contributed by atoms with Crippen molar-refractivity contribution in [2.75, 3.05) is 20.2 Å². The van der Waals surface area contributed by atoms with Crippen molar-refractivity contribution in [2.45, 2.75) is 32.3 Å². The Morgan fingerprint density at radius 1 is 1.73 bits per heavy atom. The number of amides is 1. The number of nitrogens with zero attached hydrogens (tertiary/aromatic N) is 2. The minimum atomic E-state index is -0.503. The standard InChI is InChI=1S/C11H18N2O2/c1-3-9(7-12)11(14)13(2)8-10-5-4-6-15-10/h9-10H,3-6,8H2,1-2H3. The Morgan fingerprint density at radius 3 is 2.93 bits per heavy atom. The lowest BCUT2D eigenvalue weighted by Gasteiger charge is -2.22. The van der Waals surface area contributed by atoms with Crippen LogP contribution >= 0.6 is 0 Å². The molecule has 2 unspecified atom stereocenters. The van der Waals surface area contributed by atoms with Gasteiger partial charge in [-0.25, -0.2) is 0 Å². The molecule has 1 heterocycles. The molecular weight excluding hydrogens is 192 g/mol. The van der Waals surface area contributed by atoms with Crippen LogP contribution in [0.3, 0.4) is 0 Å². The van der Waals surface area contributed by atoms with Crippen LogP contribution in [0.5, 0.6) is 0 Å². The molecule has 0 N–H and O–H groups in total. The predicted octanol–water partition coefficient (Wildman–Crippen LogP) is 1.17. The van der Waals surface area contributed by atoms with Crippen molar-refractivity contribution in [2.24, 2.45) is 5.92 Å². The van der Waals surface area contributed by atoms with E-state index >= 15 is 0 Å². The van der Waals surface area contributed by atoms with E-state index in [1.807, 2.05) is 13.0 Å². The van der Waals surface area contributed by atoms with Gasteiger partial charge in [0.15, 0.2) is 0 Å². The molecule has 0 saturated carbocycles. The summed E-state index contributed by atoms with van der Waals surface area (Å²) >= 11 is 0. The third-order valence-corrected chi connectivity index (χ3v) is 2.74. The molecule has 4 nitrogen and oxygen atoms in total. The van der Waals surface area contributed by atoms with E-state index in [0.29, 0.717) is 13.0 Å². The maximum Gasteiger partial charge on any atom is 0.239 e. The van der Waals surface area contributed by atoms with Crippen LogP contribution in [-0.2, 0) is 9.53 Å². The largest absolute Gasteiger partial charge is 0.376 e. The lowest BCUT2D eigenvalue weighted by Crippen LogP contribution is -2.37. The van der Waals surface area contributed by atoms with Gasteiger partial charge in [0.1, 0.15) is 5.92 Å². The summed E-state index contributed by atoms with van der Waals surface area (Å²) < 4.78 is 5.44. The average Bonchev–Trinajstić information content (AvgIpc) is 2.72. The number of hydrogen-bond acceptors (Lipinski definition) is 3. The Kier molecular flexibility index (Phi) is 4.57. The average molecular weight is 210 g/mol. The quantitative estimate of drug-likeness (QED) is 0.700. The van der Waals surface area contributed by atoms with Crippen molar-refractivity contribution in [1.29, 1.82) is 5.26 Å². The number of likely N-dealkylation sites (N-methyl/N-ethyl adjacent to an activating group) is 1. The van der Waals surface area contributed by atoms with Gasteiger partial charge in [-0.3, -0.25) is 4.79 Å². The molecule has 15 heavy (non-hydrogen) atoms. The van der Waals surface area contributed by atoms with Crippen LogP contribution in [0.25, 0.3) is 0 Å². The van der Waals surface area contributed by atoms with Crippen LogP contribution in [-0.4, -0.2) is 37.1 Å². The monoisotopic (exact) mass is 210 g/mol. The van der Waals surface area contributed by atoms with Gasteiger partial charge in [0.05, 0.1) is 12.2 Å². The smallest absolute Gasteiger partial charge is 0.239 e. The summed E-state index contributed by atoms with van der Waals surface area (Å²) in [5, 5.41) is 8.78. The van der Waals surface area contributed by atoms with Crippen molar-refractivity contribution < 1.29 is 9.53 Å². The lowest BCUT2D eigenvalue weighted by molar-refractivity contribution is -0.133. The highest BCUT2D eigenvalue weighted by Crippen LogP contribution is 2.14. The Morgan fingerprint density at radius 2 is 2.47 bits per heavy atom. The van der Waals surface area contributed by atoms with Crippen molar-refractivity contribution in [3.8, 4) is 6.07 Å². The second kappa shape index (κ2) is 5.72. The van der Waals surface area contributed by atoms with E-state index in [-0.39, 0.29) is 12.0 Å². The second-order valence-corrected chi connectivity index (χ2v) is 3.94. The maximum absolute atomic E-state index is 11.7.